The second-order valence-electron chi connectivity index (χ2n) is 4.21. The molecule has 0 unspecified atom stereocenters. The van der Waals surface area contributed by atoms with Crippen LogP contribution in [-0.2, 0) is 15.3 Å². The lowest BCUT2D eigenvalue weighted by Gasteiger charge is -2.06. The SMILES string of the molecule is COc1ccc(CSN=CCCCC(=O)N(N)C=O)cc1. The van der Waals surface area contributed by atoms with Crippen molar-refractivity contribution in [3.8, 4) is 5.75 Å². The van der Waals surface area contributed by atoms with Gasteiger partial charge in [-0.15, -0.1) is 0 Å². The Balaban J connectivity index is 2.14. The summed E-state index contributed by atoms with van der Waals surface area (Å²) in [7, 11) is 1.64. The van der Waals surface area contributed by atoms with Crippen molar-refractivity contribution in [3.05, 3.63) is 29.8 Å². The van der Waals surface area contributed by atoms with Gasteiger partial charge in [0, 0.05) is 18.4 Å². The number of nitrogens with zero attached hydrogens (tertiary/aromatic N) is 2. The molecule has 0 aliphatic rings. The number of ether oxygens (including phenoxy) is 1. The second kappa shape index (κ2) is 9.95. The number of benzene rings is 1. The molecule has 0 saturated heterocycles. The number of carbonyl (C=O) groups excluding carboxylic acids is 2. The summed E-state index contributed by atoms with van der Waals surface area (Å²) in [6.45, 7) is 0. The maximum absolute atomic E-state index is 11.2. The highest BCUT2D eigenvalue weighted by molar-refractivity contribution is 7.97. The fraction of sp³-hybridized carbons (Fsp3) is 0.357. The molecule has 0 radical (unpaired) electrons. The Bertz CT molecular complexity index is 477. The molecule has 0 bridgehead atoms. The molecule has 0 aromatic heterocycles. The number of nitrogens with two attached hydrogens (primary N) is 1. The van der Waals surface area contributed by atoms with Crippen molar-refractivity contribution in [1.82, 2.24) is 5.01 Å². The molecule has 0 saturated carbocycles. The van der Waals surface area contributed by atoms with Gasteiger partial charge >= 0.3 is 0 Å². The summed E-state index contributed by atoms with van der Waals surface area (Å²) in [5.74, 6) is 6.36. The highest BCUT2D eigenvalue weighted by atomic mass is 32.2. The van der Waals surface area contributed by atoms with E-state index in [9.17, 15) is 9.59 Å². The number of unbranched alkanes of at least 4 members (excludes halogenated alkanes) is 1. The summed E-state index contributed by atoms with van der Waals surface area (Å²) in [6.07, 6.45) is 3.61. The van der Waals surface area contributed by atoms with Gasteiger partial charge in [0.2, 0.25) is 12.3 Å². The number of hydrogen-bond acceptors (Lipinski definition) is 6. The maximum Gasteiger partial charge on any atom is 0.243 e. The van der Waals surface area contributed by atoms with E-state index in [4.69, 9.17) is 10.6 Å². The van der Waals surface area contributed by atoms with Gasteiger partial charge in [-0.3, -0.25) is 9.59 Å². The summed E-state index contributed by atoms with van der Waals surface area (Å²) in [6, 6.07) is 7.82. The van der Waals surface area contributed by atoms with Gasteiger partial charge in [-0.25, -0.2) is 15.2 Å². The average molecular weight is 309 g/mol. The molecule has 7 heteroatoms. The van der Waals surface area contributed by atoms with E-state index in [-0.39, 0.29) is 12.3 Å². The van der Waals surface area contributed by atoms with Crippen LogP contribution in [0, 0.1) is 0 Å². The molecule has 1 rings (SSSR count). The lowest BCUT2D eigenvalue weighted by atomic mass is 10.2. The van der Waals surface area contributed by atoms with E-state index < -0.39 is 0 Å². The van der Waals surface area contributed by atoms with Crippen LogP contribution in [0.25, 0.3) is 0 Å². The quantitative estimate of drug-likeness (QED) is 0.143. The zero-order valence-electron chi connectivity index (χ0n) is 11.9. The van der Waals surface area contributed by atoms with Crippen LogP contribution in [0.4, 0.5) is 0 Å². The molecule has 1 aromatic rings. The third-order valence-electron chi connectivity index (χ3n) is 2.66. The van der Waals surface area contributed by atoms with E-state index >= 15 is 0 Å². The van der Waals surface area contributed by atoms with Crippen LogP contribution in [0.15, 0.2) is 28.7 Å². The Morgan fingerprint density at radius 1 is 1.43 bits per heavy atom. The Morgan fingerprint density at radius 3 is 2.76 bits per heavy atom. The van der Waals surface area contributed by atoms with Crippen molar-refractivity contribution >= 4 is 30.5 Å². The summed E-state index contributed by atoms with van der Waals surface area (Å²) < 4.78 is 9.29. The molecule has 6 nitrogen and oxygen atoms in total. The zero-order chi connectivity index (χ0) is 15.5. The van der Waals surface area contributed by atoms with Crippen LogP contribution in [-0.4, -0.2) is 30.7 Å². The highest BCUT2D eigenvalue weighted by Gasteiger charge is 2.06. The minimum Gasteiger partial charge on any atom is -0.497 e. The Labute approximate surface area is 128 Å². The van der Waals surface area contributed by atoms with Crippen LogP contribution >= 0.6 is 11.9 Å². The van der Waals surface area contributed by atoms with Gasteiger partial charge in [0.25, 0.3) is 0 Å². The first-order chi connectivity index (χ1) is 10.2. The van der Waals surface area contributed by atoms with Gasteiger partial charge in [0.1, 0.15) is 5.75 Å². The third-order valence-corrected chi connectivity index (χ3v) is 3.43. The lowest BCUT2D eigenvalue weighted by Crippen LogP contribution is -2.35. The number of hydrazine groups is 1. The third kappa shape index (κ3) is 6.92. The summed E-state index contributed by atoms with van der Waals surface area (Å²) in [5, 5.41) is 0.565. The fourth-order valence-electron chi connectivity index (χ4n) is 1.47. The van der Waals surface area contributed by atoms with Crippen LogP contribution in [0.5, 0.6) is 5.75 Å². The van der Waals surface area contributed by atoms with Crippen molar-refractivity contribution in [3.63, 3.8) is 0 Å². The van der Waals surface area contributed by atoms with E-state index in [1.807, 2.05) is 24.3 Å². The molecule has 1 aromatic carbocycles. The van der Waals surface area contributed by atoms with Crippen molar-refractivity contribution < 1.29 is 14.3 Å². The van der Waals surface area contributed by atoms with Crippen molar-refractivity contribution in [2.45, 2.75) is 25.0 Å². The number of amides is 2. The Kier molecular flexibility index (Phi) is 8.15. The van der Waals surface area contributed by atoms with Crippen LogP contribution < -0.4 is 10.6 Å². The number of hydrogen-bond donors (Lipinski definition) is 1. The topological polar surface area (TPSA) is 85.0 Å². The Hall–Kier alpha value is -1.86. The van der Waals surface area contributed by atoms with Gasteiger partial charge in [0.15, 0.2) is 0 Å². The fourth-order valence-corrected chi connectivity index (χ4v) is 2.10. The first-order valence-electron chi connectivity index (χ1n) is 6.46. The maximum atomic E-state index is 11.2. The van der Waals surface area contributed by atoms with E-state index in [0.29, 0.717) is 24.3 Å². The minimum absolute atomic E-state index is 0.240. The van der Waals surface area contributed by atoms with E-state index in [2.05, 4.69) is 4.40 Å². The summed E-state index contributed by atoms with van der Waals surface area (Å²) in [4.78, 5) is 21.4. The van der Waals surface area contributed by atoms with Crippen molar-refractivity contribution in [1.29, 1.82) is 0 Å². The van der Waals surface area contributed by atoms with Crippen LogP contribution in [0.3, 0.4) is 0 Å². The molecular formula is C14H19N3O3S. The first-order valence-corrected chi connectivity index (χ1v) is 7.40. The molecule has 21 heavy (non-hydrogen) atoms. The molecule has 0 aliphatic carbocycles. The highest BCUT2D eigenvalue weighted by Crippen LogP contribution is 2.16. The van der Waals surface area contributed by atoms with Gasteiger partial charge in [-0.1, -0.05) is 12.1 Å². The molecule has 0 heterocycles. The van der Waals surface area contributed by atoms with E-state index in [1.54, 1.807) is 13.3 Å². The zero-order valence-corrected chi connectivity index (χ0v) is 12.7. The molecule has 0 fully saturated rings. The van der Waals surface area contributed by atoms with Gasteiger partial charge < -0.3 is 4.74 Å². The number of imide groups is 1. The monoisotopic (exact) mass is 309 g/mol. The van der Waals surface area contributed by atoms with E-state index in [1.165, 1.54) is 11.9 Å². The van der Waals surface area contributed by atoms with Crippen molar-refractivity contribution in [2.75, 3.05) is 7.11 Å². The number of rotatable bonds is 9. The summed E-state index contributed by atoms with van der Waals surface area (Å²) in [5.41, 5.74) is 1.16. The van der Waals surface area contributed by atoms with Gasteiger partial charge in [0.05, 0.1) is 7.11 Å². The molecule has 114 valence electrons. The van der Waals surface area contributed by atoms with Crippen LogP contribution in [0.2, 0.25) is 0 Å². The van der Waals surface area contributed by atoms with Crippen molar-refractivity contribution in [2.24, 2.45) is 10.2 Å². The van der Waals surface area contributed by atoms with Gasteiger partial charge in [-0.2, -0.15) is 0 Å². The normalized spacial score (nSPS) is 10.6. The first kappa shape index (κ1) is 17.2. The molecule has 2 N–H and O–H groups in total. The Morgan fingerprint density at radius 2 is 2.14 bits per heavy atom. The minimum atomic E-state index is -0.385. The number of methoxy groups -OCH3 is 1. The average Bonchev–Trinajstić information content (AvgIpc) is 2.53. The van der Waals surface area contributed by atoms with Crippen LogP contribution in [0.1, 0.15) is 24.8 Å². The predicted molar refractivity (Wildman–Crippen MR) is 83.7 cm³/mol. The molecule has 0 spiro atoms. The van der Waals surface area contributed by atoms with E-state index in [0.717, 1.165) is 17.1 Å². The summed E-state index contributed by atoms with van der Waals surface area (Å²) >= 11 is 1.44. The molecule has 2 amide bonds. The van der Waals surface area contributed by atoms with Gasteiger partial charge in [-0.05, 0) is 42.5 Å². The predicted octanol–water partition coefficient (Wildman–Crippen LogP) is 1.94. The second-order valence-corrected chi connectivity index (χ2v) is 4.97. The smallest absolute Gasteiger partial charge is 0.243 e. The number of carbonyl (C=O) groups is 2. The largest absolute Gasteiger partial charge is 0.497 e. The molecule has 0 aliphatic heterocycles. The standard InChI is InChI=1S/C14H19N3O3S/c1-20-13-7-5-12(6-8-13)10-21-16-9-3-2-4-14(19)17(15)11-18/h5-9,11H,2-4,10,15H2,1H3. The lowest BCUT2D eigenvalue weighted by molar-refractivity contribution is -0.138. The molecular weight excluding hydrogens is 290 g/mol. The molecule has 0 atom stereocenters.